The molecule has 1 nitrogen and oxygen atoms in total. The molecule has 1 rings (SSSR count). The van der Waals surface area contributed by atoms with Crippen LogP contribution in [0.4, 0.5) is 0 Å². The SMILES string of the molecule is Cc1cccpn1. The quantitative estimate of drug-likeness (QED) is 0.498. The maximum atomic E-state index is 4.08. The van der Waals surface area contributed by atoms with Crippen molar-refractivity contribution < 1.29 is 0 Å². The van der Waals surface area contributed by atoms with Gasteiger partial charge in [0.25, 0.3) is 0 Å². The Bertz CT molecular complexity index is 138. The molecule has 2 heteroatoms. The molecule has 7 heavy (non-hydrogen) atoms. The Morgan fingerprint density at radius 3 is 2.86 bits per heavy atom. The summed E-state index contributed by atoms with van der Waals surface area (Å²) in [5.74, 6) is 2.01. The Hall–Kier alpha value is -0.420. The van der Waals surface area contributed by atoms with Gasteiger partial charge in [-0.15, -0.1) is 0 Å². The molecule has 0 aliphatic carbocycles. The molecule has 0 aromatic carbocycles. The zero-order valence-corrected chi connectivity index (χ0v) is 5.02. The van der Waals surface area contributed by atoms with Gasteiger partial charge in [0.2, 0.25) is 0 Å². The van der Waals surface area contributed by atoms with Crippen LogP contribution in [0.1, 0.15) is 5.69 Å². The summed E-state index contributed by atoms with van der Waals surface area (Å²) in [5, 5.41) is 0. The minimum Gasteiger partial charge on any atom is -0.233 e. The molecule has 0 bridgehead atoms. The lowest BCUT2D eigenvalue weighted by Gasteiger charge is -1.81. The van der Waals surface area contributed by atoms with Gasteiger partial charge in [0.05, 0.1) is 0 Å². The highest BCUT2D eigenvalue weighted by atomic mass is 31.0. The van der Waals surface area contributed by atoms with Crippen LogP contribution in [0.15, 0.2) is 17.9 Å². The highest BCUT2D eigenvalue weighted by Crippen LogP contribution is 1.98. The zero-order valence-electron chi connectivity index (χ0n) is 4.13. The predicted octanol–water partition coefficient (Wildman–Crippen LogP) is 1.97. The minimum absolute atomic E-state index is 1.07. The average molecular weight is 111 g/mol. The molecule has 0 spiro atoms. The van der Waals surface area contributed by atoms with Crippen molar-refractivity contribution in [1.82, 2.24) is 4.75 Å². The molecular formula is C5H6NP. The molecule has 0 saturated carbocycles. The molecule has 0 aliphatic heterocycles. The van der Waals surface area contributed by atoms with E-state index in [4.69, 9.17) is 0 Å². The first-order valence-electron chi connectivity index (χ1n) is 2.14. The van der Waals surface area contributed by atoms with Crippen LogP contribution in [0, 0.1) is 6.92 Å². The van der Waals surface area contributed by atoms with E-state index in [1.54, 1.807) is 0 Å². The van der Waals surface area contributed by atoms with Crippen LogP contribution in [-0.4, -0.2) is 4.75 Å². The molecule has 1 heterocycles. The van der Waals surface area contributed by atoms with Crippen LogP contribution in [0.2, 0.25) is 0 Å². The topological polar surface area (TPSA) is 12.9 Å². The van der Waals surface area contributed by atoms with Crippen LogP contribution in [-0.2, 0) is 0 Å². The molecule has 0 radical (unpaired) electrons. The van der Waals surface area contributed by atoms with Gasteiger partial charge in [-0.3, -0.25) is 0 Å². The first-order valence-corrected chi connectivity index (χ1v) is 3.05. The Morgan fingerprint density at radius 1 is 1.71 bits per heavy atom. The van der Waals surface area contributed by atoms with Gasteiger partial charge in [0, 0.05) is 14.0 Å². The van der Waals surface area contributed by atoms with E-state index in [1.165, 1.54) is 0 Å². The maximum absolute atomic E-state index is 4.08. The van der Waals surface area contributed by atoms with Gasteiger partial charge in [0.15, 0.2) is 0 Å². The second-order valence-electron chi connectivity index (χ2n) is 1.37. The summed E-state index contributed by atoms with van der Waals surface area (Å²) in [4.78, 5) is 0. The third-order valence-electron chi connectivity index (χ3n) is 0.706. The standard InChI is InChI=1S/C5H6NP/c1-5-3-2-4-7-6-5/h2-4H,1H3. The molecule has 0 unspecified atom stereocenters. The van der Waals surface area contributed by atoms with Gasteiger partial charge >= 0.3 is 0 Å². The molecule has 0 aliphatic rings. The fourth-order valence-corrected chi connectivity index (χ4v) is 0.857. The van der Waals surface area contributed by atoms with E-state index in [2.05, 4.69) is 4.75 Å². The second-order valence-corrected chi connectivity index (χ2v) is 2.09. The number of rotatable bonds is 0. The fraction of sp³-hybridized carbons (Fsp3) is 0.200. The zero-order chi connectivity index (χ0) is 5.11. The van der Waals surface area contributed by atoms with Crippen molar-refractivity contribution in [1.29, 1.82) is 0 Å². The third-order valence-corrected chi connectivity index (χ3v) is 1.44. The molecule has 0 N–H and O–H groups in total. The lowest BCUT2D eigenvalue weighted by Crippen LogP contribution is -1.67. The Labute approximate surface area is 44.6 Å². The maximum Gasteiger partial charge on any atom is 0.0422 e. The highest BCUT2D eigenvalue weighted by molar-refractivity contribution is 7.24. The van der Waals surface area contributed by atoms with Crippen LogP contribution < -0.4 is 0 Å². The molecule has 1 aromatic rings. The smallest absolute Gasteiger partial charge is 0.0422 e. The number of aryl methyl sites for hydroxylation is 1. The lowest BCUT2D eigenvalue weighted by atomic mass is 10.5. The fourth-order valence-electron chi connectivity index (χ4n) is 0.379. The largest absolute Gasteiger partial charge is 0.233 e. The Balaban J connectivity index is 3.02. The summed E-state index contributed by atoms with van der Waals surface area (Å²) in [6.07, 6.45) is 0. The Kier molecular flexibility index (Phi) is 1.38. The molecule has 0 fully saturated rings. The van der Waals surface area contributed by atoms with Crippen LogP contribution in [0.3, 0.4) is 0 Å². The van der Waals surface area contributed by atoms with E-state index in [-0.39, 0.29) is 0 Å². The van der Waals surface area contributed by atoms with Crippen LogP contribution in [0.5, 0.6) is 0 Å². The van der Waals surface area contributed by atoms with Crippen molar-refractivity contribution in [2.75, 3.05) is 0 Å². The van der Waals surface area contributed by atoms with Gasteiger partial charge in [-0.05, 0) is 18.8 Å². The summed E-state index contributed by atoms with van der Waals surface area (Å²) in [6.45, 7) is 2.00. The number of hydrogen-bond donors (Lipinski definition) is 0. The molecule has 0 atom stereocenters. The van der Waals surface area contributed by atoms with Crippen molar-refractivity contribution >= 4 is 8.35 Å². The van der Waals surface area contributed by atoms with E-state index in [9.17, 15) is 0 Å². The van der Waals surface area contributed by atoms with Crippen molar-refractivity contribution in [3.05, 3.63) is 23.6 Å². The summed E-state index contributed by atoms with van der Waals surface area (Å²) >= 11 is 0. The number of nitrogens with zero attached hydrogens (tertiary/aromatic N) is 1. The van der Waals surface area contributed by atoms with Gasteiger partial charge in [-0.2, -0.15) is 0 Å². The molecular weight excluding hydrogens is 105 g/mol. The number of aromatic nitrogens is 1. The molecule has 1 aromatic heterocycles. The van der Waals surface area contributed by atoms with Gasteiger partial charge in [-0.1, -0.05) is 6.07 Å². The lowest BCUT2D eigenvalue weighted by molar-refractivity contribution is 1.32. The van der Waals surface area contributed by atoms with Crippen molar-refractivity contribution in [2.24, 2.45) is 0 Å². The summed E-state index contributed by atoms with van der Waals surface area (Å²) in [6, 6.07) is 4.01. The van der Waals surface area contributed by atoms with Crippen LogP contribution >= 0.6 is 8.35 Å². The minimum atomic E-state index is 1.07. The van der Waals surface area contributed by atoms with E-state index in [0.29, 0.717) is 0 Å². The van der Waals surface area contributed by atoms with Gasteiger partial charge < -0.3 is 0 Å². The highest BCUT2D eigenvalue weighted by Gasteiger charge is 1.74. The van der Waals surface area contributed by atoms with E-state index in [0.717, 1.165) is 14.0 Å². The van der Waals surface area contributed by atoms with Gasteiger partial charge in [-0.25, -0.2) is 4.75 Å². The first-order chi connectivity index (χ1) is 3.39. The van der Waals surface area contributed by atoms with Gasteiger partial charge in [0.1, 0.15) is 0 Å². The number of hydrogen-bond acceptors (Lipinski definition) is 1. The van der Waals surface area contributed by atoms with Crippen molar-refractivity contribution in [3.8, 4) is 0 Å². The van der Waals surface area contributed by atoms with Crippen molar-refractivity contribution in [3.63, 3.8) is 0 Å². The molecule has 0 saturated heterocycles. The van der Waals surface area contributed by atoms with E-state index >= 15 is 0 Å². The van der Waals surface area contributed by atoms with Crippen LogP contribution in [0.25, 0.3) is 0 Å². The normalized spacial score (nSPS) is 9.86. The van der Waals surface area contributed by atoms with Crippen molar-refractivity contribution in [2.45, 2.75) is 6.92 Å². The van der Waals surface area contributed by atoms with E-state index in [1.807, 2.05) is 24.9 Å². The first kappa shape index (κ1) is 4.73. The monoisotopic (exact) mass is 111 g/mol. The Morgan fingerprint density at radius 2 is 2.57 bits per heavy atom. The average Bonchev–Trinajstić information content (AvgIpc) is 1.69. The molecule has 0 amide bonds. The third kappa shape index (κ3) is 1.24. The van der Waals surface area contributed by atoms with E-state index < -0.39 is 0 Å². The predicted molar refractivity (Wildman–Crippen MR) is 31.5 cm³/mol. The summed E-state index contributed by atoms with van der Waals surface area (Å²) in [5.41, 5.74) is 1.11. The summed E-state index contributed by atoms with van der Waals surface area (Å²) < 4.78 is 4.08. The summed E-state index contributed by atoms with van der Waals surface area (Å²) in [7, 11) is 1.07. The second kappa shape index (κ2) is 2.04. The molecule has 36 valence electrons.